The Hall–Kier alpha value is -5.11. The normalized spacial score (nSPS) is 10.7. The molecular formula is C32H31N3O5. The van der Waals surface area contributed by atoms with Gasteiger partial charge in [0.05, 0.1) is 12.8 Å². The quantitative estimate of drug-likeness (QED) is 0.181. The lowest BCUT2D eigenvalue weighted by Crippen LogP contribution is -2.24. The van der Waals surface area contributed by atoms with Crippen molar-refractivity contribution >= 4 is 23.7 Å². The average molecular weight is 538 g/mol. The lowest BCUT2D eigenvalue weighted by Gasteiger charge is -2.12. The molecule has 2 amide bonds. The Labute approximate surface area is 233 Å². The van der Waals surface area contributed by atoms with Crippen molar-refractivity contribution in [2.75, 3.05) is 25.1 Å². The predicted octanol–water partition coefficient (Wildman–Crippen LogP) is 5.61. The van der Waals surface area contributed by atoms with E-state index in [1.165, 1.54) is 6.21 Å². The standard InChI is InChI=1S/C32H31N3O5/c1-3-38-30-19-24(11-18-29(30)40-21-31(36)34-27-14-9-23(2)10-15-27)20-33-35-32(37)22-39-28-16-12-26(13-17-28)25-7-5-4-6-8-25/h4-20H,3,21-22H2,1-2H3,(H,34,36)(H,35,37)/b33-20+. The Bertz CT molecular complexity index is 1440. The Morgan fingerprint density at radius 2 is 1.45 bits per heavy atom. The molecule has 0 aliphatic rings. The number of hydrogen-bond acceptors (Lipinski definition) is 6. The Morgan fingerprint density at radius 1 is 0.750 bits per heavy atom. The number of aryl methyl sites for hydroxylation is 1. The van der Waals surface area contributed by atoms with Crippen molar-refractivity contribution in [3.63, 3.8) is 0 Å². The van der Waals surface area contributed by atoms with Crippen LogP contribution in [0.2, 0.25) is 0 Å². The predicted molar refractivity (Wildman–Crippen MR) is 156 cm³/mol. The highest BCUT2D eigenvalue weighted by atomic mass is 16.5. The number of ether oxygens (including phenoxy) is 3. The number of nitrogens with one attached hydrogen (secondary N) is 2. The number of hydrazone groups is 1. The van der Waals surface area contributed by atoms with Crippen LogP contribution in [0, 0.1) is 6.92 Å². The second kappa shape index (κ2) is 14.2. The first-order valence-electron chi connectivity index (χ1n) is 12.9. The van der Waals surface area contributed by atoms with Crippen LogP contribution in [0.15, 0.2) is 102 Å². The monoisotopic (exact) mass is 537 g/mol. The number of nitrogens with zero attached hydrogens (tertiary/aromatic N) is 1. The minimum atomic E-state index is -0.395. The number of amides is 2. The van der Waals surface area contributed by atoms with E-state index in [4.69, 9.17) is 14.2 Å². The first-order chi connectivity index (χ1) is 19.5. The van der Waals surface area contributed by atoms with Crippen molar-refractivity contribution in [2.45, 2.75) is 13.8 Å². The van der Waals surface area contributed by atoms with Gasteiger partial charge in [-0.3, -0.25) is 9.59 Å². The third-order valence-corrected chi connectivity index (χ3v) is 5.70. The van der Waals surface area contributed by atoms with Crippen LogP contribution in [0.25, 0.3) is 11.1 Å². The highest BCUT2D eigenvalue weighted by Gasteiger charge is 2.10. The van der Waals surface area contributed by atoms with E-state index in [1.54, 1.807) is 18.2 Å². The zero-order valence-corrected chi connectivity index (χ0v) is 22.4. The van der Waals surface area contributed by atoms with Gasteiger partial charge in [0.25, 0.3) is 11.8 Å². The fourth-order valence-electron chi connectivity index (χ4n) is 3.70. The molecule has 0 saturated heterocycles. The average Bonchev–Trinajstić information content (AvgIpc) is 2.98. The Kier molecular flexibility index (Phi) is 9.88. The summed E-state index contributed by atoms with van der Waals surface area (Å²) in [6.45, 7) is 3.89. The molecule has 8 nitrogen and oxygen atoms in total. The topological polar surface area (TPSA) is 98.2 Å². The molecule has 0 radical (unpaired) electrons. The second-order valence-electron chi connectivity index (χ2n) is 8.81. The van der Waals surface area contributed by atoms with E-state index in [9.17, 15) is 9.59 Å². The maximum Gasteiger partial charge on any atom is 0.277 e. The minimum absolute atomic E-state index is 0.174. The van der Waals surface area contributed by atoms with Gasteiger partial charge in [0.1, 0.15) is 5.75 Å². The van der Waals surface area contributed by atoms with Gasteiger partial charge in [0.15, 0.2) is 24.7 Å². The number of rotatable bonds is 12. The van der Waals surface area contributed by atoms with Crippen LogP contribution in [0.4, 0.5) is 5.69 Å². The molecule has 8 heteroatoms. The van der Waals surface area contributed by atoms with Crippen molar-refractivity contribution < 1.29 is 23.8 Å². The van der Waals surface area contributed by atoms with Gasteiger partial charge in [0.2, 0.25) is 0 Å². The van der Waals surface area contributed by atoms with Crippen molar-refractivity contribution in [3.05, 3.63) is 108 Å². The van der Waals surface area contributed by atoms with Gasteiger partial charge in [-0.2, -0.15) is 5.10 Å². The van der Waals surface area contributed by atoms with Gasteiger partial charge < -0.3 is 19.5 Å². The summed E-state index contributed by atoms with van der Waals surface area (Å²) in [5.41, 5.74) is 7.11. The van der Waals surface area contributed by atoms with Gasteiger partial charge in [0, 0.05) is 5.69 Å². The summed E-state index contributed by atoms with van der Waals surface area (Å²) in [5, 5.41) is 6.79. The van der Waals surface area contributed by atoms with E-state index >= 15 is 0 Å². The smallest absolute Gasteiger partial charge is 0.277 e. The SMILES string of the molecule is CCOc1cc(/C=N/NC(=O)COc2ccc(-c3ccccc3)cc2)ccc1OCC(=O)Nc1ccc(C)cc1. The zero-order chi connectivity index (χ0) is 28.2. The number of hydrogen-bond donors (Lipinski definition) is 2. The molecule has 0 atom stereocenters. The number of benzene rings is 4. The molecule has 0 saturated carbocycles. The van der Waals surface area contributed by atoms with Gasteiger partial charge in [-0.1, -0.05) is 60.2 Å². The van der Waals surface area contributed by atoms with Crippen molar-refractivity contribution in [3.8, 4) is 28.4 Å². The third kappa shape index (κ3) is 8.46. The van der Waals surface area contributed by atoms with E-state index < -0.39 is 5.91 Å². The summed E-state index contributed by atoms with van der Waals surface area (Å²) in [7, 11) is 0. The van der Waals surface area contributed by atoms with Gasteiger partial charge >= 0.3 is 0 Å². The lowest BCUT2D eigenvalue weighted by molar-refractivity contribution is -0.123. The Morgan fingerprint density at radius 3 is 2.17 bits per heavy atom. The largest absolute Gasteiger partial charge is 0.490 e. The molecule has 40 heavy (non-hydrogen) atoms. The molecule has 0 fully saturated rings. The first kappa shape index (κ1) is 27.9. The summed E-state index contributed by atoms with van der Waals surface area (Å²) < 4.78 is 16.9. The van der Waals surface area contributed by atoms with Crippen LogP contribution < -0.4 is 25.0 Å². The van der Waals surface area contributed by atoms with E-state index in [-0.39, 0.29) is 19.1 Å². The molecule has 204 valence electrons. The fraction of sp³-hybridized carbons (Fsp3) is 0.156. The van der Waals surface area contributed by atoms with Gasteiger partial charge in [-0.15, -0.1) is 0 Å². The molecule has 4 rings (SSSR count). The zero-order valence-electron chi connectivity index (χ0n) is 22.4. The van der Waals surface area contributed by atoms with Crippen molar-refractivity contribution in [2.24, 2.45) is 5.10 Å². The van der Waals surface area contributed by atoms with Crippen LogP contribution >= 0.6 is 0 Å². The molecule has 4 aromatic carbocycles. The van der Waals surface area contributed by atoms with Crippen LogP contribution in [0.1, 0.15) is 18.1 Å². The molecular weight excluding hydrogens is 506 g/mol. The summed E-state index contributed by atoms with van der Waals surface area (Å²) in [5.74, 6) is 0.794. The number of carbonyl (C=O) groups is 2. The second-order valence-corrected chi connectivity index (χ2v) is 8.81. The number of carbonyl (C=O) groups excluding carboxylic acids is 2. The van der Waals surface area contributed by atoms with E-state index in [0.29, 0.717) is 35.1 Å². The van der Waals surface area contributed by atoms with Crippen molar-refractivity contribution in [1.29, 1.82) is 0 Å². The Balaban J connectivity index is 1.25. The highest BCUT2D eigenvalue weighted by Crippen LogP contribution is 2.28. The molecule has 0 heterocycles. The van der Waals surface area contributed by atoms with Gasteiger partial charge in [-0.05, 0) is 73.0 Å². The van der Waals surface area contributed by atoms with E-state index in [2.05, 4.69) is 15.8 Å². The summed E-state index contributed by atoms with van der Waals surface area (Å²) in [4.78, 5) is 24.5. The first-order valence-corrected chi connectivity index (χ1v) is 12.9. The third-order valence-electron chi connectivity index (χ3n) is 5.70. The van der Waals surface area contributed by atoms with Crippen molar-refractivity contribution in [1.82, 2.24) is 5.43 Å². The molecule has 0 aliphatic carbocycles. The summed E-state index contributed by atoms with van der Waals surface area (Å²) >= 11 is 0. The molecule has 4 aromatic rings. The summed E-state index contributed by atoms with van der Waals surface area (Å²) in [6.07, 6.45) is 1.49. The van der Waals surface area contributed by atoms with E-state index in [0.717, 1.165) is 16.7 Å². The summed E-state index contributed by atoms with van der Waals surface area (Å²) in [6, 6.07) is 30.2. The maximum atomic E-state index is 12.3. The van der Waals surface area contributed by atoms with Crippen LogP contribution in [0.3, 0.4) is 0 Å². The number of anilines is 1. The lowest BCUT2D eigenvalue weighted by atomic mass is 10.1. The van der Waals surface area contributed by atoms with Crippen LogP contribution in [-0.4, -0.2) is 37.8 Å². The minimum Gasteiger partial charge on any atom is -0.490 e. The molecule has 0 aromatic heterocycles. The highest BCUT2D eigenvalue weighted by molar-refractivity contribution is 5.92. The maximum absolute atomic E-state index is 12.3. The molecule has 0 unspecified atom stereocenters. The molecule has 0 spiro atoms. The molecule has 0 bridgehead atoms. The molecule has 2 N–H and O–H groups in total. The fourth-order valence-corrected chi connectivity index (χ4v) is 3.70. The van der Waals surface area contributed by atoms with Crippen LogP contribution in [0.5, 0.6) is 17.2 Å². The van der Waals surface area contributed by atoms with Crippen LogP contribution in [-0.2, 0) is 9.59 Å². The van der Waals surface area contributed by atoms with E-state index in [1.807, 2.05) is 92.7 Å². The molecule has 0 aliphatic heterocycles. The van der Waals surface area contributed by atoms with Gasteiger partial charge in [-0.25, -0.2) is 5.43 Å².